The number of amides is 1. The van der Waals surface area contributed by atoms with Crippen molar-refractivity contribution >= 4 is 23.3 Å². The number of nitrogens with one attached hydrogen (secondary N) is 2. The van der Waals surface area contributed by atoms with Crippen LogP contribution in [0.4, 0.5) is 11.4 Å². The van der Waals surface area contributed by atoms with Gasteiger partial charge in [0.15, 0.2) is 0 Å². The van der Waals surface area contributed by atoms with Gasteiger partial charge in [-0.25, -0.2) is 0 Å². The number of aliphatic hydroxyl groups excluding tert-OH is 1. The second-order valence-electron chi connectivity index (χ2n) is 6.10. The van der Waals surface area contributed by atoms with Gasteiger partial charge in [-0.15, -0.1) is 0 Å². The predicted molar refractivity (Wildman–Crippen MR) is 105 cm³/mol. The molecule has 0 saturated carbocycles. The lowest BCUT2D eigenvalue weighted by Gasteiger charge is -2.22. The summed E-state index contributed by atoms with van der Waals surface area (Å²) in [5.74, 6) is -1.47. The summed E-state index contributed by atoms with van der Waals surface area (Å²) < 4.78 is 5.07. The maximum absolute atomic E-state index is 12.3. The van der Waals surface area contributed by atoms with Gasteiger partial charge in [0.05, 0.1) is 26.2 Å². The first kappa shape index (κ1) is 22.9. The maximum Gasteiger partial charge on any atom is 0.321 e. The number of carbonyl (C=O) groups excluding carboxylic acids is 1. The van der Waals surface area contributed by atoms with Crippen molar-refractivity contribution in [3.63, 3.8) is 0 Å². The van der Waals surface area contributed by atoms with E-state index in [1.807, 2.05) is 25.1 Å². The minimum absolute atomic E-state index is 0.0861. The van der Waals surface area contributed by atoms with Gasteiger partial charge >= 0.3 is 5.97 Å². The summed E-state index contributed by atoms with van der Waals surface area (Å²) in [6.45, 7) is 8.53. The molecule has 1 atom stereocenters. The molecule has 0 aliphatic heterocycles. The second kappa shape index (κ2) is 12.3. The summed E-state index contributed by atoms with van der Waals surface area (Å²) in [7, 11) is 0. The number of carboxylic acid groups (broad SMARTS) is 1. The Bertz CT molecular complexity index is 605. The Hall–Kier alpha value is -2.16. The van der Waals surface area contributed by atoms with Gasteiger partial charge in [0, 0.05) is 31.0 Å². The summed E-state index contributed by atoms with van der Waals surface area (Å²) in [6, 6.07) is 4.79. The van der Waals surface area contributed by atoms with E-state index in [0.29, 0.717) is 5.69 Å². The van der Waals surface area contributed by atoms with Crippen LogP contribution >= 0.6 is 0 Å². The molecule has 1 amide bonds. The van der Waals surface area contributed by atoms with Crippen LogP contribution in [0.25, 0.3) is 0 Å². The highest BCUT2D eigenvalue weighted by molar-refractivity contribution is 5.94. The lowest BCUT2D eigenvalue weighted by molar-refractivity contribution is -0.141. The average molecular weight is 381 g/mol. The molecule has 0 heterocycles. The van der Waals surface area contributed by atoms with Crippen molar-refractivity contribution in [2.24, 2.45) is 0 Å². The Morgan fingerprint density at radius 2 is 1.93 bits per heavy atom. The summed E-state index contributed by atoms with van der Waals surface area (Å²) in [5.41, 5.74) is 2.68. The van der Waals surface area contributed by atoms with E-state index in [-0.39, 0.29) is 38.7 Å². The number of hydrogen-bond acceptors (Lipinski definition) is 6. The molecule has 8 heteroatoms. The van der Waals surface area contributed by atoms with Crippen molar-refractivity contribution in [3.05, 3.63) is 23.8 Å². The summed E-state index contributed by atoms with van der Waals surface area (Å²) in [5, 5.41) is 23.5. The van der Waals surface area contributed by atoms with Crippen molar-refractivity contribution in [1.82, 2.24) is 5.32 Å². The molecule has 4 N–H and O–H groups in total. The van der Waals surface area contributed by atoms with E-state index in [4.69, 9.17) is 9.84 Å². The Morgan fingerprint density at radius 3 is 2.48 bits per heavy atom. The number of aliphatic carboxylic acids is 1. The van der Waals surface area contributed by atoms with Gasteiger partial charge in [0.1, 0.15) is 6.04 Å². The third-order valence-corrected chi connectivity index (χ3v) is 4.17. The molecule has 0 fully saturated rings. The lowest BCUT2D eigenvalue weighted by Crippen LogP contribution is -2.41. The highest BCUT2D eigenvalue weighted by atomic mass is 16.5. The molecule has 1 unspecified atom stereocenters. The lowest BCUT2D eigenvalue weighted by atomic mass is 10.1. The molecule has 1 aromatic carbocycles. The Balaban J connectivity index is 2.61. The number of aryl methyl sites for hydroxylation is 1. The first-order valence-corrected chi connectivity index (χ1v) is 9.23. The Morgan fingerprint density at radius 1 is 1.22 bits per heavy atom. The number of rotatable bonds is 13. The number of benzene rings is 1. The van der Waals surface area contributed by atoms with E-state index in [1.54, 1.807) is 0 Å². The van der Waals surface area contributed by atoms with Crippen LogP contribution in [0.1, 0.15) is 25.8 Å². The normalized spacial score (nSPS) is 11.9. The average Bonchev–Trinajstić information content (AvgIpc) is 2.63. The van der Waals surface area contributed by atoms with Gasteiger partial charge < -0.3 is 30.5 Å². The van der Waals surface area contributed by atoms with Gasteiger partial charge in [-0.1, -0.05) is 0 Å². The highest BCUT2D eigenvalue weighted by Gasteiger charge is 2.21. The van der Waals surface area contributed by atoms with Gasteiger partial charge in [0.2, 0.25) is 5.91 Å². The number of anilines is 2. The van der Waals surface area contributed by atoms with Crippen LogP contribution in [0.2, 0.25) is 0 Å². The SMILES string of the molecule is CCN(CC)c1ccc(NC(=O)CC(NCCOCCO)C(=O)O)c(C)c1. The number of carboxylic acids is 1. The molecular formula is C19H31N3O5. The van der Waals surface area contributed by atoms with Crippen molar-refractivity contribution in [1.29, 1.82) is 0 Å². The minimum Gasteiger partial charge on any atom is -0.480 e. The van der Waals surface area contributed by atoms with Gasteiger partial charge in [-0.3, -0.25) is 9.59 Å². The standard InChI is InChI=1S/C19H31N3O5/c1-4-22(5-2)15-6-7-16(14(3)12-15)21-18(24)13-17(19(25)26)20-8-10-27-11-9-23/h6-7,12,17,20,23H,4-5,8-11,13H2,1-3H3,(H,21,24)(H,25,26). The fourth-order valence-electron chi connectivity index (χ4n) is 2.68. The largest absolute Gasteiger partial charge is 0.480 e. The molecule has 0 aromatic heterocycles. The fraction of sp³-hybridized carbons (Fsp3) is 0.579. The van der Waals surface area contributed by atoms with Crippen LogP contribution in [-0.4, -0.2) is 67.6 Å². The molecule has 0 aliphatic rings. The number of aliphatic hydroxyl groups is 1. The molecule has 0 radical (unpaired) electrons. The van der Waals surface area contributed by atoms with E-state index >= 15 is 0 Å². The maximum atomic E-state index is 12.3. The summed E-state index contributed by atoms with van der Waals surface area (Å²) in [6.07, 6.45) is -0.188. The molecule has 152 valence electrons. The second-order valence-corrected chi connectivity index (χ2v) is 6.10. The van der Waals surface area contributed by atoms with Crippen molar-refractivity contribution in [2.75, 3.05) is 49.7 Å². The van der Waals surface area contributed by atoms with Gasteiger partial charge in [-0.2, -0.15) is 0 Å². The molecule has 8 nitrogen and oxygen atoms in total. The van der Waals surface area contributed by atoms with Crippen LogP contribution in [0.3, 0.4) is 0 Å². The quantitative estimate of drug-likeness (QED) is 0.380. The Labute approximate surface area is 160 Å². The third-order valence-electron chi connectivity index (χ3n) is 4.17. The molecule has 1 aromatic rings. The zero-order chi connectivity index (χ0) is 20.2. The molecule has 1 rings (SSSR count). The Kier molecular flexibility index (Phi) is 10.4. The van der Waals surface area contributed by atoms with Crippen molar-refractivity contribution in [3.8, 4) is 0 Å². The first-order chi connectivity index (χ1) is 12.9. The van der Waals surface area contributed by atoms with Gasteiger partial charge in [0.25, 0.3) is 0 Å². The summed E-state index contributed by atoms with van der Waals surface area (Å²) in [4.78, 5) is 25.8. The van der Waals surface area contributed by atoms with Crippen LogP contribution in [0.15, 0.2) is 18.2 Å². The molecule has 0 bridgehead atoms. The topological polar surface area (TPSA) is 111 Å². The number of hydrogen-bond donors (Lipinski definition) is 4. The number of carbonyl (C=O) groups is 2. The number of ether oxygens (including phenoxy) is 1. The van der Waals surface area contributed by atoms with E-state index in [0.717, 1.165) is 24.3 Å². The van der Waals surface area contributed by atoms with Crippen LogP contribution in [0, 0.1) is 6.92 Å². The molecular weight excluding hydrogens is 350 g/mol. The van der Waals surface area contributed by atoms with E-state index in [9.17, 15) is 14.7 Å². The molecule has 0 spiro atoms. The first-order valence-electron chi connectivity index (χ1n) is 9.23. The monoisotopic (exact) mass is 381 g/mol. The van der Waals surface area contributed by atoms with Crippen LogP contribution in [-0.2, 0) is 14.3 Å². The molecule has 0 saturated heterocycles. The minimum atomic E-state index is -1.10. The van der Waals surface area contributed by atoms with Crippen LogP contribution in [0.5, 0.6) is 0 Å². The smallest absolute Gasteiger partial charge is 0.321 e. The third kappa shape index (κ3) is 7.94. The zero-order valence-electron chi connectivity index (χ0n) is 16.3. The van der Waals surface area contributed by atoms with Crippen molar-refractivity contribution in [2.45, 2.75) is 33.2 Å². The summed E-state index contributed by atoms with van der Waals surface area (Å²) >= 11 is 0. The zero-order valence-corrected chi connectivity index (χ0v) is 16.3. The molecule has 0 aliphatic carbocycles. The molecule has 27 heavy (non-hydrogen) atoms. The van der Waals surface area contributed by atoms with Crippen LogP contribution < -0.4 is 15.5 Å². The van der Waals surface area contributed by atoms with Crippen molar-refractivity contribution < 1.29 is 24.5 Å². The number of nitrogens with zero attached hydrogens (tertiary/aromatic N) is 1. The van der Waals surface area contributed by atoms with E-state index < -0.39 is 12.0 Å². The van der Waals surface area contributed by atoms with E-state index in [2.05, 4.69) is 29.4 Å². The van der Waals surface area contributed by atoms with E-state index in [1.165, 1.54) is 0 Å². The fourth-order valence-corrected chi connectivity index (χ4v) is 2.68. The highest BCUT2D eigenvalue weighted by Crippen LogP contribution is 2.22. The predicted octanol–water partition coefficient (Wildman–Crippen LogP) is 1.22. The van der Waals surface area contributed by atoms with Gasteiger partial charge in [-0.05, 0) is 44.5 Å².